The second kappa shape index (κ2) is 6.29. The van der Waals surface area contributed by atoms with Crippen molar-refractivity contribution in [1.29, 1.82) is 0 Å². The third-order valence-electron chi connectivity index (χ3n) is 4.96. The summed E-state index contributed by atoms with van der Waals surface area (Å²) >= 11 is 0. The highest BCUT2D eigenvalue weighted by Gasteiger charge is 2.11. The lowest BCUT2D eigenvalue weighted by Crippen LogP contribution is -2.10. The van der Waals surface area contributed by atoms with Gasteiger partial charge in [0.25, 0.3) is 0 Å². The van der Waals surface area contributed by atoms with E-state index in [0.29, 0.717) is 5.75 Å². The maximum Gasteiger partial charge on any atom is 0.315 e. The van der Waals surface area contributed by atoms with Crippen LogP contribution in [0.5, 0.6) is 5.75 Å². The van der Waals surface area contributed by atoms with Gasteiger partial charge in [0.15, 0.2) is 0 Å². The third-order valence-corrected chi connectivity index (χ3v) is 4.96. The van der Waals surface area contributed by atoms with Gasteiger partial charge < -0.3 is 9.72 Å². The SMILES string of the molecule is O=C(Cc1c[nH]c2ccccc12)Oc1ccc2ccc3ccccc3c2c1. The fourth-order valence-electron chi connectivity index (χ4n) is 3.65. The highest BCUT2D eigenvalue weighted by molar-refractivity contribution is 6.08. The molecule has 0 amide bonds. The Balaban J connectivity index is 1.45. The Morgan fingerprint density at radius 3 is 2.37 bits per heavy atom. The quantitative estimate of drug-likeness (QED) is 0.260. The number of para-hydroxylation sites is 1. The maximum atomic E-state index is 12.5. The summed E-state index contributed by atoms with van der Waals surface area (Å²) in [7, 11) is 0. The predicted octanol–water partition coefficient (Wildman–Crippen LogP) is 5.62. The standard InChI is InChI=1S/C24H17NO2/c26-24(13-18-15-25-23-8-4-3-7-21(18)23)27-19-12-11-17-10-9-16-5-1-2-6-20(16)22(17)14-19/h1-12,14-15,25H,13H2. The van der Waals surface area contributed by atoms with Crippen LogP contribution in [0.1, 0.15) is 5.56 Å². The van der Waals surface area contributed by atoms with Crippen LogP contribution in [0, 0.1) is 0 Å². The van der Waals surface area contributed by atoms with Crippen LogP contribution in [0.4, 0.5) is 0 Å². The molecule has 0 aliphatic rings. The Bertz CT molecular complexity index is 1300. The van der Waals surface area contributed by atoms with Crippen molar-refractivity contribution >= 4 is 38.4 Å². The Morgan fingerprint density at radius 2 is 1.48 bits per heavy atom. The molecule has 4 aromatic carbocycles. The number of carbonyl (C=O) groups excluding carboxylic acids is 1. The summed E-state index contributed by atoms with van der Waals surface area (Å²) in [5, 5.41) is 5.60. The van der Waals surface area contributed by atoms with E-state index in [-0.39, 0.29) is 12.4 Å². The molecule has 5 rings (SSSR count). The van der Waals surface area contributed by atoms with Crippen molar-refractivity contribution in [2.75, 3.05) is 0 Å². The molecule has 1 aromatic heterocycles. The summed E-state index contributed by atoms with van der Waals surface area (Å²) in [6.07, 6.45) is 2.11. The predicted molar refractivity (Wildman–Crippen MR) is 109 cm³/mol. The summed E-state index contributed by atoms with van der Waals surface area (Å²) in [5.74, 6) is 0.308. The average Bonchev–Trinajstić information content (AvgIpc) is 3.11. The molecule has 0 radical (unpaired) electrons. The fourth-order valence-corrected chi connectivity index (χ4v) is 3.65. The van der Waals surface area contributed by atoms with Crippen molar-refractivity contribution in [2.45, 2.75) is 6.42 Å². The van der Waals surface area contributed by atoms with Crippen molar-refractivity contribution in [3.8, 4) is 5.75 Å². The minimum absolute atomic E-state index is 0.234. The van der Waals surface area contributed by atoms with Crippen LogP contribution < -0.4 is 4.74 Å². The third kappa shape index (κ3) is 2.83. The van der Waals surface area contributed by atoms with E-state index < -0.39 is 0 Å². The number of H-pyrrole nitrogens is 1. The first-order valence-electron chi connectivity index (χ1n) is 8.95. The average molecular weight is 351 g/mol. The summed E-state index contributed by atoms with van der Waals surface area (Å²) in [6, 6.07) is 26.2. The number of nitrogens with one attached hydrogen (secondary N) is 1. The van der Waals surface area contributed by atoms with Crippen LogP contribution in [0.2, 0.25) is 0 Å². The van der Waals surface area contributed by atoms with Gasteiger partial charge in [0.05, 0.1) is 6.42 Å². The molecule has 0 saturated carbocycles. The van der Waals surface area contributed by atoms with Gasteiger partial charge in [0.2, 0.25) is 0 Å². The number of rotatable bonds is 3. The van der Waals surface area contributed by atoms with E-state index in [1.165, 1.54) is 5.39 Å². The van der Waals surface area contributed by atoms with E-state index in [0.717, 1.165) is 32.6 Å². The molecule has 1 heterocycles. The van der Waals surface area contributed by atoms with Gasteiger partial charge in [-0.3, -0.25) is 4.79 Å². The Morgan fingerprint density at radius 1 is 0.778 bits per heavy atom. The molecule has 1 N–H and O–H groups in total. The molecular weight excluding hydrogens is 334 g/mol. The molecular formula is C24H17NO2. The Labute approximate surface area is 156 Å². The van der Waals surface area contributed by atoms with E-state index in [1.54, 1.807) is 0 Å². The molecule has 0 atom stereocenters. The van der Waals surface area contributed by atoms with E-state index in [2.05, 4.69) is 29.2 Å². The lowest BCUT2D eigenvalue weighted by Gasteiger charge is -2.08. The van der Waals surface area contributed by atoms with Crippen LogP contribution in [0.15, 0.2) is 85.1 Å². The largest absolute Gasteiger partial charge is 0.426 e. The van der Waals surface area contributed by atoms with Gasteiger partial charge in [-0.2, -0.15) is 0 Å². The molecule has 0 aliphatic carbocycles. The first-order valence-corrected chi connectivity index (χ1v) is 8.95. The smallest absolute Gasteiger partial charge is 0.315 e. The molecule has 130 valence electrons. The molecule has 3 nitrogen and oxygen atoms in total. The van der Waals surface area contributed by atoms with E-state index in [4.69, 9.17) is 4.74 Å². The lowest BCUT2D eigenvalue weighted by molar-refractivity contribution is -0.133. The van der Waals surface area contributed by atoms with Gasteiger partial charge in [0, 0.05) is 17.1 Å². The highest BCUT2D eigenvalue weighted by atomic mass is 16.5. The second-order valence-corrected chi connectivity index (χ2v) is 6.68. The van der Waals surface area contributed by atoms with Gasteiger partial charge in [-0.15, -0.1) is 0 Å². The molecule has 0 spiro atoms. The summed E-state index contributed by atoms with van der Waals surface area (Å²) in [5.41, 5.74) is 1.97. The minimum atomic E-state index is -0.265. The first kappa shape index (κ1) is 15.6. The van der Waals surface area contributed by atoms with Crippen molar-refractivity contribution < 1.29 is 9.53 Å². The van der Waals surface area contributed by atoms with Crippen LogP contribution in [0.25, 0.3) is 32.4 Å². The second-order valence-electron chi connectivity index (χ2n) is 6.68. The van der Waals surface area contributed by atoms with Crippen LogP contribution >= 0.6 is 0 Å². The lowest BCUT2D eigenvalue weighted by atomic mass is 10.0. The molecule has 0 unspecified atom stereocenters. The maximum absolute atomic E-state index is 12.5. The number of carbonyl (C=O) groups is 1. The van der Waals surface area contributed by atoms with Crippen molar-refractivity contribution in [3.05, 3.63) is 90.6 Å². The van der Waals surface area contributed by atoms with Crippen LogP contribution in [0.3, 0.4) is 0 Å². The molecule has 3 heteroatoms. The molecule has 0 bridgehead atoms. The van der Waals surface area contributed by atoms with Crippen LogP contribution in [-0.4, -0.2) is 11.0 Å². The van der Waals surface area contributed by atoms with E-state index in [9.17, 15) is 4.79 Å². The number of fused-ring (bicyclic) bond motifs is 4. The summed E-state index contributed by atoms with van der Waals surface area (Å²) in [6.45, 7) is 0. The van der Waals surface area contributed by atoms with Gasteiger partial charge in [-0.1, -0.05) is 60.7 Å². The number of benzene rings is 4. The van der Waals surface area contributed by atoms with Crippen molar-refractivity contribution in [3.63, 3.8) is 0 Å². The normalized spacial score (nSPS) is 11.3. The van der Waals surface area contributed by atoms with Gasteiger partial charge in [-0.25, -0.2) is 0 Å². The highest BCUT2D eigenvalue weighted by Crippen LogP contribution is 2.29. The number of hydrogen-bond acceptors (Lipinski definition) is 2. The van der Waals surface area contributed by atoms with Crippen molar-refractivity contribution in [1.82, 2.24) is 4.98 Å². The zero-order valence-corrected chi connectivity index (χ0v) is 14.6. The summed E-state index contributed by atoms with van der Waals surface area (Å²) < 4.78 is 5.64. The first-order chi connectivity index (χ1) is 13.3. The molecule has 0 aliphatic heterocycles. The number of aromatic nitrogens is 1. The zero-order valence-electron chi connectivity index (χ0n) is 14.6. The topological polar surface area (TPSA) is 42.1 Å². The fraction of sp³-hybridized carbons (Fsp3) is 0.0417. The Kier molecular flexibility index (Phi) is 3.65. The van der Waals surface area contributed by atoms with E-state index in [1.807, 2.05) is 60.8 Å². The number of aromatic amines is 1. The van der Waals surface area contributed by atoms with Crippen LogP contribution in [-0.2, 0) is 11.2 Å². The van der Waals surface area contributed by atoms with E-state index >= 15 is 0 Å². The van der Waals surface area contributed by atoms with Gasteiger partial charge >= 0.3 is 5.97 Å². The van der Waals surface area contributed by atoms with Gasteiger partial charge in [0.1, 0.15) is 5.75 Å². The molecule has 27 heavy (non-hydrogen) atoms. The molecule has 0 saturated heterocycles. The summed E-state index contributed by atoms with van der Waals surface area (Å²) in [4.78, 5) is 15.7. The number of esters is 1. The number of ether oxygens (including phenoxy) is 1. The molecule has 0 fully saturated rings. The number of hydrogen-bond donors (Lipinski definition) is 1. The Hall–Kier alpha value is -3.59. The minimum Gasteiger partial charge on any atom is -0.426 e. The zero-order chi connectivity index (χ0) is 18.2. The van der Waals surface area contributed by atoms with Crippen molar-refractivity contribution in [2.24, 2.45) is 0 Å². The molecule has 5 aromatic rings. The monoisotopic (exact) mass is 351 g/mol. The van der Waals surface area contributed by atoms with Gasteiger partial charge in [-0.05, 0) is 45.3 Å².